The highest BCUT2D eigenvalue weighted by atomic mass is 19.1. The van der Waals surface area contributed by atoms with E-state index in [4.69, 9.17) is 0 Å². The molecule has 1 aromatic carbocycles. The first-order valence-electron chi connectivity index (χ1n) is 6.57. The number of aryl methyl sites for hydroxylation is 2. The summed E-state index contributed by atoms with van der Waals surface area (Å²) >= 11 is 0. The lowest BCUT2D eigenvalue weighted by Gasteiger charge is -2.05. The molecule has 0 saturated heterocycles. The zero-order valence-corrected chi connectivity index (χ0v) is 11.7. The van der Waals surface area contributed by atoms with Crippen LogP contribution in [-0.4, -0.2) is 15.3 Å². The number of halogens is 1. The summed E-state index contributed by atoms with van der Waals surface area (Å²) in [6.07, 6.45) is 1.64. The molecule has 2 heterocycles. The van der Waals surface area contributed by atoms with Crippen LogP contribution in [0.15, 0.2) is 42.6 Å². The molecule has 106 valence electrons. The third kappa shape index (κ3) is 2.50. The van der Waals surface area contributed by atoms with E-state index in [1.807, 2.05) is 29.5 Å². The van der Waals surface area contributed by atoms with Crippen molar-refractivity contribution in [3.63, 3.8) is 0 Å². The van der Waals surface area contributed by atoms with Gasteiger partial charge in [0.1, 0.15) is 17.2 Å². The van der Waals surface area contributed by atoms with Gasteiger partial charge in [-0.25, -0.2) is 9.37 Å². The lowest BCUT2D eigenvalue weighted by atomic mass is 10.2. The standard InChI is InChI=1S/C16H14FN3O/c1-10-6-7-13(12(17)8-10)19-16(21)14-9-20-11(2)4-3-5-15(20)18-14/h3-9H,1-2H3,(H,19,21). The number of nitrogens with one attached hydrogen (secondary N) is 1. The maximum atomic E-state index is 13.8. The predicted molar refractivity (Wildman–Crippen MR) is 79.0 cm³/mol. The summed E-state index contributed by atoms with van der Waals surface area (Å²) in [5.41, 5.74) is 2.86. The molecule has 0 saturated carbocycles. The minimum absolute atomic E-state index is 0.152. The number of aromatic nitrogens is 2. The number of carbonyl (C=O) groups excluding carboxylic acids is 1. The van der Waals surface area contributed by atoms with Gasteiger partial charge in [0.25, 0.3) is 5.91 Å². The monoisotopic (exact) mass is 283 g/mol. The number of anilines is 1. The molecule has 0 spiro atoms. The molecule has 0 aliphatic heterocycles. The Morgan fingerprint density at radius 1 is 1.24 bits per heavy atom. The summed E-state index contributed by atoms with van der Waals surface area (Å²) in [7, 11) is 0. The molecule has 0 bridgehead atoms. The van der Waals surface area contributed by atoms with Crippen LogP contribution in [0.3, 0.4) is 0 Å². The van der Waals surface area contributed by atoms with Crippen molar-refractivity contribution in [3.05, 3.63) is 65.4 Å². The highest BCUT2D eigenvalue weighted by molar-refractivity contribution is 6.03. The van der Waals surface area contributed by atoms with Gasteiger partial charge in [-0.3, -0.25) is 4.79 Å². The first-order chi connectivity index (χ1) is 10.0. The summed E-state index contributed by atoms with van der Waals surface area (Å²) in [6.45, 7) is 3.72. The number of nitrogens with zero attached hydrogens (tertiary/aromatic N) is 2. The van der Waals surface area contributed by atoms with Crippen LogP contribution >= 0.6 is 0 Å². The van der Waals surface area contributed by atoms with Gasteiger partial charge >= 0.3 is 0 Å². The molecule has 0 atom stereocenters. The van der Waals surface area contributed by atoms with E-state index in [0.717, 1.165) is 11.3 Å². The Labute approximate surface area is 121 Å². The van der Waals surface area contributed by atoms with Crippen LogP contribution in [0.4, 0.5) is 10.1 Å². The van der Waals surface area contributed by atoms with Crippen molar-refractivity contribution in [2.24, 2.45) is 0 Å². The van der Waals surface area contributed by atoms with E-state index >= 15 is 0 Å². The largest absolute Gasteiger partial charge is 0.318 e. The molecule has 1 amide bonds. The minimum atomic E-state index is -0.455. The predicted octanol–water partition coefficient (Wildman–Crippen LogP) is 3.34. The molecule has 5 heteroatoms. The van der Waals surface area contributed by atoms with Crippen molar-refractivity contribution in [2.75, 3.05) is 5.32 Å². The molecular formula is C16H14FN3O. The molecule has 0 unspecified atom stereocenters. The number of benzene rings is 1. The van der Waals surface area contributed by atoms with Crippen LogP contribution in [0.5, 0.6) is 0 Å². The van der Waals surface area contributed by atoms with Gasteiger partial charge in [0, 0.05) is 11.9 Å². The molecule has 3 aromatic rings. The Hall–Kier alpha value is -2.69. The lowest BCUT2D eigenvalue weighted by molar-refractivity contribution is 0.102. The third-order valence-corrected chi connectivity index (χ3v) is 3.30. The van der Waals surface area contributed by atoms with Gasteiger partial charge in [-0.1, -0.05) is 12.1 Å². The summed E-state index contributed by atoms with van der Waals surface area (Å²) in [6, 6.07) is 10.3. The molecule has 0 aliphatic rings. The van der Waals surface area contributed by atoms with E-state index in [0.29, 0.717) is 5.65 Å². The van der Waals surface area contributed by atoms with Crippen LogP contribution < -0.4 is 5.32 Å². The summed E-state index contributed by atoms with van der Waals surface area (Å²) in [5, 5.41) is 2.54. The van der Waals surface area contributed by atoms with Crippen LogP contribution in [0.1, 0.15) is 21.7 Å². The summed E-state index contributed by atoms with van der Waals surface area (Å²) in [4.78, 5) is 16.4. The highest BCUT2D eigenvalue weighted by Gasteiger charge is 2.13. The number of pyridine rings is 1. The Balaban J connectivity index is 1.92. The molecule has 2 aromatic heterocycles. The first kappa shape index (κ1) is 13.3. The second-order valence-corrected chi connectivity index (χ2v) is 4.96. The Bertz CT molecular complexity index is 839. The number of amides is 1. The van der Waals surface area contributed by atoms with Crippen molar-refractivity contribution >= 4 is 17.2 Å². The molecule has 0 fully saturated rings. The average molecular weight is 283 g/mol. The van der Waals surface area contributed by atoms with Gasteiger partial charge < -0.3 is 9.72 Å². The number of fused-ring (bicyclic) bond motifs is 1. The SMILES string of the molecule is Cc1ccc(NC(=O)c2cn3c(C)cccc3n2)c(F)c1. The summed E-state index contributed by atoms with van der Waals surface area (Å²) in [5.74, 6) is -0.885. The van der Waals surface area contributed by atoms with Crippen molar-refractivity contribution in [1.29, 1.82) is 0 Å². The Morgan fingerprint density at radius 3 is 2.76 bits per heavy atom. The molecule has 1 N–H and O–H groups in total. The zero-order valence-electron chi connectivity index (χ0n) is 11.7. The fraction of sp³-hybridized carbons (Fsp3) is 0.125. The van der Waals surface area contributed by atoms with E-state index in [1.165, 1.54) is 6.07 Å². The van der Waals surface area contributed by atoms with Gasteiger partial charge in [-0.05, 0) is 43.7 Å². The molecule has 21 heavy (non-hydrogen) atoms. The number of hydrogen-bond donors (Lipinski definition) is 1. The van der Waals surface area contributed by atoms with Crippen LogP contribution in [-0.2, 0) is 0 Å². The third-order valence-electron chi connectivity index (χ3n) is 3.30. The second-order valence-electron chi connectivity index (χ2n) is 4.96. The van der Waals surface area contributed by atoms with E-state index in [2.05, 4.69) is 10.3 Å². The number of carbonyl (C=O) groups is 1. The lowest BCUT2D eigenvalue weighted by Crippen LogP contribution is -2.13. The molecule has 0 aliphatic carbocycles. The van der Waals surface area contributed by atoms with Crippen LogP contribution in [0, 0.1) is 19.7 Å². The van der Waals surface area contributed by atoms with Gasteiger partial charge in [0.05, 0.1) is 5.69 Å². The van der Waals surface area contributed by atoms with Gasteiger partial charge in [0.15, 0.2) is 0 Å². The molecule has 4 nitrogen and oxygen atoms in total. The zero-order chi connectivity index (χ0) is 15.0. The topological polar surface area (TPSA) is 46.4 Å². The van der Waals surface area contributed by atoms with E-state index < -0.39 is 11.7 Å². The van der Waals surface area contributed by atoms with Gasteiger partial charge in [0.2, 0.25) is 0 Å². The first-order valence-corrected chi connectivity index (χ1v) is 6.57. The average Bonchev–Trinajstić information content (AvgIpc) is 2.87. The minimum Gasteiger partial charge on any atom is -0.318 e. The Morgan fingerprint density at radius 2 is 2.05 bits per heavy atom. The van der Waals surface area contributed by atoms with E-state index in [9.17, 15) is 9.18 Å². The van der Waals surface area contributed by atoms with Crippen molar-refractivity contribution < 1.29 is 9.18 Å². The fourth-order valence-corrected chi connectivity index (χ4v) is 2.17. The summed E-state index contributed by atoms with van der Waals surface area (Å²) < 4.78 is 15.6. The van der Waals surface area contributed by atoms with Crippen LogP contribution in [0.25, 0.3) is 5.65 Å². The van der Waals surface area contributed by atoms with Crippen molar-refractivity contribution in [2.45, 2.75) is 13.8 Å². The molecular weight excluding hydrogens is 269 g/mol. The van der Waals surface area contributed by atoms with E-state index in [-0.39, 0.29) is 11.4 Å². The quantitative estimate of drug-likeness (QED) is 0.784. The van der Waals surface area contributed by atoms with E-state index in [1.54, 1.807) is 25.3 Å². The highest BCUT2D eigenvalue weighted by Crippen LogP contribution is 2.17. The number of imidazole rings is 1. The number of rotatable bonds is 2. The number of hydrogen-bond acceptors (Lipinski definition) is 2. The van der Waals surface area contributed by atoms with Crippen molar-refractivity contribution in [3.8, 4) is 0 Å². The smallest absolute Gasteiger partial charge is 0.275 e. The fourth-order valence-electron chi connectivity index (χ4n) is 2.17. The normalized spacial score (nSPS) is 10.8. The maximum Gasteiger partial charge on any atom is 0.275 e. The maximum absolute atomic E-state index is 13.8. The molecule has 0 radical (unpaired) electrons. The molecule has 3 rings (SSSR count). The van der Waals surface area contributed by atoms with Gasteiger partial charge in [-0.2, -0.15) is 0 Å². The van der Waals surface area contributed by atoms with Gasteiger partial charge in [-0.15, -0.1) is 0 Å². The van der Waals surface area contributed by atoms with Crippen LogP contribution in [0.2, 0.25) is 0 Å². The Kier molecular flexibility index (Phi) is 3.17. The second kappa shape index (κ2) is 5.01. The van der Waals surface area contributed by atoms with Crippen molar-refractivity contribution in [1.82, 2.24) is 9.38 Å².